The Labute approximate surface area is 199 Å². The lowest BCUT2D eigenvalue weighted by Crippen LogP contribution is -2.43. The number of aliphatic hydroxyl groups is 1. The van der Waals surface area contributed by atoms with E-state index in [2.05, 4.69) is 60.3 Å². The zero-order valence-corrected chi connectivity index (χ0v) is 21.3. The van der Waals surface area contributed by atoms with Crippen LogP contribution in [0.4, 0.5) is 5.82 Å². The third-order valence-electron chi connectivity index (χ3n) is 5.91. The number of aliphatic hydroxyl groups excluding tert-OH is 1. The fourth-order valence-electron chi connectivity index (χ4n) is 3.69. The molecule has 2 heterocycles. The third-order valence-corrected chi connectivity index (χ3v) is 5.91. The topological polar surface area (TPSA) is 82.0 Å². The van der Waals surface area contributed by atoms with Crippen LogP contribution in [0.2, 0.25) is 0 Å². The molecule has 1 atom stereocenters. The normalized spacial score (nSPS) is 17.4. The molecule has 0 bridgehead atoms. The van der Waals surface area contributed by atoms with Gasteiger partial charge in [0.1, 0.15) is 5.82 Å². The number of rotatable bonds is 10. The van der Waals surface area contributed by atoms with Crippen molar-refractivity contribution in [1.82, 2.24) is 15.6 Å². The van der Waals surface area contributed by atoms with E-state index in [9.17, 15) is 5.11 Å². The summed E-state index contributed by atoms with van der Waals surface area (Å²) in [6, 6.07) is 4.17. The molecule has 1 saturated heterocycles. The quantitative estimate of drug-likeness (QED) is 0.244. The van der Waals surface area contributed by atoms with E-state index in [0.29, 0.717) is 6.54 Å². The average molecular weight is 533 g/mol. The van der Waals surface area contributed by atoms with Gasteiger partial charge in [-0.25, -0.2) is 9.98 Å². The molecule has 2 rings (SSSR count). The number of nitrogens with zero attached hydrogens (tertiary/aromatic N) is 3. The van der Waals surface area contributed by atoms with Crippen LogP contribution in [0.5, 0.6) is 0 Å². The molecule has 0 amide bonds. The molecule has 0 aromatic carbocycles. The molecule has 30 heavy (non-hydrogen) atoms. The molecular weight excluding hydrogens is 493 g/mol. The van der Waals surface area contributed by atoms with E-state index in [0.717, 1.165) is 69.4 Å². The molecule has 1 aromatic rings. The van der Waals surface area contributed by atoms with Crippen molar-refractivity contribution in [2.45, 2.75) is 59.6 Å². The van der Waals surface area contributed by atoms with Crippen molar-refractivity contribution in [3.05, 3.63) is 23.9 Å². The van der Waals surface area contributed by atoms with E-state index in [1.54, 1.807) is 0 Å². The number of ether oxygens (including phenoxy) is 1. The molecule has 1 aliphatic rings. The molecule has 7 nitrogen and oxygen atoms in total. The maximum absolute atomic E-state index is 9.42. The van der Waals surface area contributed by atoms with Gasteiger partial charge in [-0.2, -0.15) is 0 Å². The predicted octanol–water partition coefficient (Wildman–Crippen LogP) is 3.17. The van der Waals surface area contributed by atoms with Gasteiger partial charge in [0.15, 0.2) is 5.96 Å². The fourth-order valence-corrected chi connectivity index (χ4v) is 3.69. The lowest BCUT2D eigenvalue weighted by molar-refractivity contribution is 0.0529. The van der Waals surface area contributed by atoms with Gasteiger partial charge in [0, 0.05) is 39.0 Å². The first-order chi connectivity index (χ1) is 14.1. The van der Waals surface area contributed by atoms with Crippen LogP contribution in [0.15, 0.2) is 23.3 Å². The van der Waals surface area contributed by atoms with E-state index in [1.807, 2.05) is 6.20 Å². The van der Waals surface area contributed by atoms with Crippen LogP contribution in [0.3, 0.4) is 0 Å². The number of pyridine rings is 1. The van der Waals surface area contributed by atoms with E-state index < -0.39 is 0 Å². The van der Waals surface area contributed by atoms with E-state index in [-0.39, 0.29) is 42.1 Å². The highest BCUT2D eigenvalue weighted by atomic mass is 127. The summed E-state index contributed by atoms with van der Waals surface area (Å²) in [5.41, 5.74) is 1.18. The average Bonchev–Trinajstić information content (AvgIpc) is 2.75. The van der Waals surface area contributed by atoms with Gasteiger partial charge in [-0.3, -0.25) is 0 Å². The molecule has 0 spiro atoms. The van der Waals surface area contributed by atoms with Crippen molar-refractivity contribution in [3.63, 3.8) is 0 Å². The summed E-state index contributed by atoms with van der Waals surface area (Å²) in [7, 11) is 0. The summed E-state index contributed by atoms with van der Waals surface area (Å²) in [5.74, 6) is 1.81. The van der Waals surface area contributed by atoms with Gasteiger partial charge in [-0.05, 0) is 50.2 Å². The summed E-state index contributed by atoms with van der Waals surface area (Å²) in [6.07, 6.45) is 5.02. The lowest BCUT2D eigenvalue weighted by Gasteiger charge is -2.32. The number of morpholine rings is 1. The van der Waals surface area contributed by atoms with Crippen molar-refractivity contribution in [2.75, 3.05) is 44.3 Å². The van der Waals surface area contributed by atoms with Crippen LogP contribution >= 0.6 is 24.0 Å². The van der Waals surface area contributed by atoms with Crippen molar-refractivity contribution < 1.29 is 9.84 Å². The fraction of sp³-hybridized carbons (Fsp3) is 0.727. The van der Waals surface area contributed by atoms with Gasteiger partial charge in [0.05, 0.1) is 19.3 Å². The molecule has 0 saturated carbocycles. The van der Waals surface area contributed by atoms with Crippen LogP contribution in [-0.2, 0) is 11.3 Å². The molecule has 1 aliphatic heterocycles. The molecule has 172 valence electrons. The largest absolute Gasteiger partial charge is 0.396 e. The molecule has 0 aliphatic carbocycles. The molecule has 1 aromatic heterocycles. The minimum atomic E-state index is 0. The van der Waals surface area contributed by atoms with E-state index >= 15 is 0 Å². The standard InChI is InChI=1S/C22H39N5O2.HI/c1-5-22(6-2,10-12-28)17-26-21(23-7-3)25-15-19-8-9-20(24-14-19)27-11-13-29-18(4)16-27;/h8-9,14,18,28H,5-7,10-13,15-17H2,1-4H3,(H2,23,25,26);1H. The Bertz CT molecular complexity index is 622. The van der Waals surface area contributed by atoms with E-state index in [4.69, 9.17) is 9.73 Å². The van der Waals surface area contributed by atoms with Crippen LogP contribution in [0.25, 0.3) is 0 Å². The number of hydrogen-bond donors (Lipinski definition) is 3. The second-order valence-electron chi connectivity index (χ2n) is 7.88. The lowest BCUT2D eigenvalue weighted by atomic mass is 9.79. The Morgan fingerprint density at radius 3 is 2.63 bits per heavy atom. The summed E-state index contributed by atoms with van der Waals surface area (Å²) in [5, 5.41) is 16.2. The number of hydrogen-bond acceptors (Lipinski definition) is 5. The van der Waals surface area contributed by atoms with Gasteiger partial charge in [0.2, 0.25) is 0 Å². The number of aliphatic imine (C=N–C) groups is 1. The molecule has 1 fully saturated rings. The minimum absolute atomic E-state index is 0. The molecular formula is C22H40IN5O2. The summed E-state index contributed by atoms with van der Waals surface area (Å²) in [4.78, 5) is 11.6. The maximum atomic E-state index is 9.42. The maximum Gasteiger partial charge on any atom is 0.191 e. The molecule has 3 N–H and O–H groups in total. The third kappa shape index (κ3) is 8.19. The number of guanidine groups is 1. The van der Waals surface area contributed by atoms with Crippen molar-refractivity contribution in [1.29, 1.82) is 0 Å². The van der Waals surface area contributed by atoms with Crippen molar-refractivity contribution in [3.8, 4) is 0 Å². The van der Waals surface area contributed by atoms with Crippen LogP contribution < -0.4 is 15.5 Å². The zero-order valence-electron chi connectivity index (χ0n) is 19.0. The van der Waals surface area contributed by atoms with Gasteiger partial charge in [-0.15, -0.1) is 24.0 Å². The van der Waals surface area contributed by atoms with Gasteiger partial charge in [0.25, 0.3) is 0 Å². The minimum Gasteiger partial charge on any atom is -0.396 e. The van der Waals surface area contributed by atoms with Crippen molar-refractivity contribution in [2.24, 2.45) is 10.4 Å². The monoisotopic (exact) mass is 533 g/mol. The smallest absolute Gasteiger partial charge is 0.191 e. The van der Waals surface area contributed by atoms with Crippen LogP contribution in [-0.4, -0.2) is 61.5 Å². The first-order valence-corrected chi connectivity index (χ1v) is 11.0. The first-order valence-electron chi connectivity index (χ1n) is 11.0. The van der Waals surface area contributed by atoms with Gasteiger partial charge < -0.3 is 25.4 Å². The Balaban J connectivity index is 0.00000450. The first kappa shape index (κ1) is 26.9. The van der Waals surface area contributed by atoms with E-state index in [1.165, 1.54) is 0 Å². The van der Waals surface area contributed by atoms with Crippen LogP contribution in [0, 0.1) is 5.41 Å². The predicted molar refractivity (Wildman–Crippen MR) is 135 cm³/mol. The number of halogens is 1. The highest BCUT2D eigenvalue weighted by Gasteiger charge is 2.25. The summed E-state index contributed by atoms with van der Waals surface area (Å²) < 4.78 is 5.60. The zero-order chi connectivity index (χ0) is 21.1. The molecule has 0 radical (unpaired) electrons. The Kier molecular flexibility index (Phi) is 12.6. The Morgan fingerprint density at radius 2 is 2.07 bits per heavy atom. The molecule has 1 unspecified atom stereocenters. The Morgan fingerprint density at radius 1 is 1.30 bits per heavy atom. The number of nitrogens with one attached hydrogen (secondary N) is 2. The summed E-state index contributed by atoms with van der Waals surface area (Å²) in [6.45, 7) is 13.5. The SMILES string of the molecule is CCNC(=NCc1ccc(N2CCOC(C)C2)nc1)NCC(CC)(CC)CCO.I. The molecule has 8 heteroatoms. The highest BCUT2D eigenvalue weighted by molar-refractivity contribution is 14.0. The van der Waals surface area contributed by atoms with Gasteiger partial charge in [-0.1, -0.05) is 19.9 Å². The second kappa shape index (κ2) is 14.0. The van der Waals surface area contributed by atoms with Crippen LogP contribution in [0.1, 0.15) is 52.5 Å². The van der Waals surface area contributed by atoms with Crippen molar-refractivity contribution >= 4 is 35.8 Å². The number of aromatic nitrogens is 1. The van der Waals surface area contributed by atoms with Gasteiger partial charge >= 0.3 is 0 Å². The second-order valence-corrected chi connectivity index (χ2v) is 7.88. The Hall–Kier alpha value is -1.13. The highest BCUT2D eigenvalue weighted by Crippen LogP contribution is 2.29. The number of anilines is 1. The summed E-state index contributed by atoms with van der Waals surface area (Å²) >= 11 is 0.